The van der Waals surface area contributed by atoms with Crippen LogP contribution in [0.2, 0.25) is 5.02 Å². The normalized spacial score (nSPS) is 18.8. The first kappa shape index (κ1) is 9.68. The highest BCUT2D eigenvalue weighted by Crippen LogP contribution is 2.25. The van der Waals surface area contributed by atoms with Crippen molar-refractivity contribution in [3.8, 4) is 5.75 Å². The van der Waals surface area contributed by atoms with Crippen molar-refractivity contribution < 1.29 is 9.13 Å². The van der Waals surface area contributed by atoms with E-state index in [2.05, 4.69) is 10.3 Å². The van der Waals surface area contributed by atoms with Gasteiger partial charge >= 0.3 is 0 Å². The molecule has 0 amide bonds. The zero-order chi connectivity index (χ0) is 10.2. The van der Waals surface area contributed by atoms with E-state index in [1.807, 2.05) is 6.92 Å². The lowest BCUT2D eigenvalue weighted by molar-refractivity contribution is 0.0304. The summed E-state index contributed by atoms with van der Waals surface area (Å²) in [5, 5.41) is 3.43. The van der Waals surface area contributed by atoms with Gasteiger partial charge in [-0.15, -0.1) is 0 Å². The van der Waals surface area contributed by atoms with Crippen LogP contribution in [-0.2, 0) is 0 Å². The van der Waals surface area contributed by atoms with Crippen LogP contribution in [0.5, 0.6) is 5.75 Å². The minimum atomic E-state index is -0.623. The molecule has 0 saturated carbocycles. The quantitative estimate of drug-likeness (QED) is 0.763. The summed E-state index contributed by atoms with van der Waals surface area (Å²) in [6, 6.07) is 1.44. The number of ether oxygens (including phenoxy) is 1. The molecule has 0 spiro atoms. The van der Waals surface area contributed by atoms with Crippen LogP contribution < -0.4 is 10.1 Å². The summed E-state index contributed by atoms with van der Waals surface area (Å²) >= 11 is 5.68. The largest absolute Gasteiger partial charge is 0.480 e. The first-order valence-electron chi connectivity index (χ1n) is 4.30. The molecule has 14 heavy (non-hydrogen) atoms. The zero-order valence-electron chi connectivity index (χ0n) is 7.68. The average molecular weight is 217 g/mol. The fourth-order valence-corrected chi connectivity index (χ4v) is 1.44. The Labute approximate surface area is 86.2 Å². The number of nitrogens with zero attached hydrogens (tertiary/aromatic N) is 1. The van der Waals surface area contributed by atoms with E-state index in [9.17, 15) is 4.39 Å². The summed E-state index contributed by atoms with van der Waals surface area (Å²) in [5.41, 5.74) is -0.340. The van der Waals surface area contributed by atoms with Crippen LogP contribution in [0.4, 0.5) is 4.39 Å². The van der Waals surface area contributed by atoms with Gasteiger partial charge in [-0.05, 0) is 6.92 Å². The molecular weight excluding hydrogens is 207 g/mol. The van der Waals surface area contributed by atoms with Gasteiger partial charge in [0.05, 0.1) is 5.02 Å². The van der Waals surface area contributed by atoms with Crippen molar-refractivity contribution in [1.29, 1.82) is 0 Å². The maximum absolute atomic E-state index is 13.1. The molecule has 5 heteroatoms. The Balaban J connectivity index is 2.19. The van der Waals surface area contributed by atoms with Crippen LogP contribution in [0.1, 0.15) is 6.92 Å². The Morgan fingerprint density at radius 3 is 2.93 bits per heavy atom. The third-order valence-corrected chi connectivity index (χ3v) is 2.33. The second kappa shape index (κ2) is 3.37. The van der Waals surface area contributed by atoms with Gasteiger partial charge in [0.15, 0.2) is 5.75 Å². The van der Waals surface area contributed by atoms with Crippen molar-refractivity contribution in [2.45, 2.75) is 12.5 Å². The van der Waals surface area contributed by atoms with Gasteiger partial charge in [-0.3, -0.25) is 0 Å². The molecule has 76 valence electrons. The van der Waals surface area contributed by atoms with E-state index in [-0.39, 0.29) is 11.4 Å². The van der Waals surface area contributed by atoms with Gasteiger partial charge in [-0.25, -0.2) is 4.98 Å². The lowest BCUT2D eigenvalue weighted by Gasteiger charge is -2.39. The van der Waals surface area contributed by atoms with Gasteiger partial charge in [0.1, 0.15) is 5.60 Å². The number of aromatic nitrogens is 1. The van der Waals surface area contributed by atoms with Gasteiger partial charge in [0, 0.05) is 25.4 Å². The van der Waals surface area contributed by atoms with Gasteiger partial charge in [-0.1, -0.05) is 11.6 Å². The van der Waals surface area contributed by atoms with E-state index < -0.39 is 5.95 Å². The molecule has 0 radical (unpaired) electrons. The molecule has 2 rings (SSSR count). The molecule has 0 aliphatic carbocycles. The summed E-state index contributed by atoms with van der Waals surface area (Å²) < 4.78 is 18.6. The highest BCUT2D eigenvalue weighted by molar-refractivity contribution is 6.30. The topological polar surface area (TPSA) is 34.1 Å². The van der Waals surface area contributed by atoms with E-state index >= 15 is 0 Å². The molecule has 1 aromatic heterocycles. The Kier molecular flexibility index (Phi) is 2.33. The maximum atomic E-state index is 13.1. The van der Waals surface area contributed by atoms with E-state index in [1.165, 1.54) is 12.3 Å². The molecule has 1 aromatic rings. The van der Waals surface area contributed by atoms with E-state index in [4.69, 9.17) is 16.3 Å². The van der Waals surface area contributed by atoms with Crippen molar-refractivity contribution >= 4 is 11.6 Å². The molecule has 1 N–H and O–H groups in total. The number of nitrogens with one attached hydrogen (secondary N) is 1. The number of hydrogen-bond donors (Lipinski definition) is 1. The number of halogens is 2. The van der Waals surface area contributed by atoms with Crippen LogP contribution in [0.3, 0.4) is 0 Å². The van der Waals surface area contributed by atoms with Gasteiger partial charge in [0.25, 0.3) is 5.95 Å². The molecule has 1 aliphatic rings. The number of rotatable bonds is 2. The van der Waals surface area contributed by atoms with Gasteiger partial charge < -0.3 is 10.1 Å². The Bertz CT molecular complexity index is 355. The van der Waals surface area contributed by atoms with Crippen molar-refractivity contribution in [2.75, 3.05) is 13.1 Å². The van der Waals surface area contributed by atoms with Crippen molar-refractivity contribution in [1.82, 2.24) is 10.3 Å². The predicted molar refractivity (Wildman–Crippen MR) is 51.1 cm³/mol. The molecular formula is C9H10ClFN2O. The fraction of sp³-hybridized carbons (Fsp3) is 0.444. The monoisotopic (exact) mass is 216 g/mol. The Morgan fingerprint density at radius 2 is 2.36 bits per heavy atom. The lowest BCUT2D eigenvalue weighted by atomic mass is 10.0. The zero-order valence-corrected chi connectivity index (χ0v) is 8.44. The highest BCUT2D eigenvalue weighted by atomic mass is 35.5. The molecule has 0 aromatic carbocycles. The van der Waals surface area contributed by atoms with Crippen molar-refractivity contribution in [2.24, 2.45) is 0 Å². The predicted octanol–water partition coefficient (Wildman–Crippen LogP) is 1.61. The summed E-state index contributed by atoms with van der Waals surface area (Å²) in [4.78, 5) is 3.48. The third kappa shape index (κ3) is 1.81. The molecule has 2 heterocycles. The average Bonchev–Trinajstić information content (AvgIpc) is 2.09. The fourth-order valence-electron chi connectivity index (χ4n) is 1.29. The smallest absolute Gasteiger partial charge is 0.255 e. The minimum absolute atomic E-state index is 0.113. The lowest BCUT2D eigenvalue weighted by Crippen LogP contribution is -2.61. The molecule has 0 atom stereocenters. The molecule has 3 nitrogen and oxygen atoms in total. The second-order valence-corrected chi connectivity index (χ2v) is 4.03. The molecule has 0 bridgehead atoms. The van der Waals surface area contributed by atoms with Crippen molar-refractivity contribution in [3.63, 3.8) is 0 Å². The first-order chi connectivity index (χ1) is 6.59. The maximum Gasteiger partial charge on any atom is 0.255 e. The summed E-state index contributed by atoms with van der Waals surface area (Å²) in [6.07, 6.45) is 1.26. The summed E-state index contributed by atoms with van der Waals surface area (Å²) in [7, 11) is 0. The first-order valence-corrected chi connectivity index (χ1v) is 4.68. The molecule has 0 unspecified atom stereocenters. The molecule has 1 fully saturated rings. The second-order valence-electron chi connectivity index (χ2n) is 3.60. The Morgan fingerprint density at radius 1 is 1.64 bits per heavy atom. The molecule has 1 aliphatic heterocycles. The minimum Gasteiger partial charge on any atom is -0.480 e. The standard InChI is InChI=1S/C9H10ClFN2O/c1-9(4-12-5-9)14-7-2-6(10)3-13-8(7)11/h2-3,12H,4-5H2,1H3. The van der Waals surface area contributed by atoms with Crippen LogP contribution in [0.25, 0.3) is 0 Å². The van der Waals surface area contributed by atoms with Gasteiger partial charge in [0.2, 0.25) is 0 Å². The molecule has 1 saturated heterocycles. The van der Waals surface area contributed by atoms with E-state index in [0.717, 1.165) is 0 Å². The van der Waals surface area contributed by atoms with Crippen LogP contribution >= 0.6 is 11.6 Å². The van der Waals surface area contributed by atoms with Crippen LogP contribution in [-0.4, -0.2) is 23.7 Å². The van der Waals surface area contributed by atoms with E-state index in [0.29, 0.717) is 18.1 Å². The Hall–Kier alpha value is -0.870. The summed E-state index contributed by atoms with van der Waals surface area (Å²) in [6.45, 7) is 3.32. The van der Waals surface area contributed by atoms with Gasteiger partial charge in [-0.2, -0.15) is 4.39 Å². The SMILES string of the molecule is CC1(Oc2cc(Cl)cnc2F)CNC1. The number of hydrogen-bond acceptors (Lipinski definition) is 3. The van der Waals surface area contributed by atoms with E-state index in [1.54, 1.807) is 0 Å². The third-order valence-electron chi connectivity index (χ3n) is 2.13. The highest BCUT2D eigenvalue weighted by Gasteiger charge is 2.34. The summed E-state index contributed by atoms with van der Waals surface area (Å²) in [5.74, 6) is -0.510. The van der Waals surface area contributed by atoms with Crippen LogP contribution in [0, 0.1) is 5.95 Å². The number of pyridine rings is 1. The van der Waals surface area contributed by atoms with Crippen LogP contribution in [0.15, 0.2) is 12.3 Å². The van der Waals surface area contributed by atoms with Crippen molar-refractivity contribution in [3.05, 3.63) is 23.2 Å².